The van der Waals surface area contributed by atoms with Crippen molar-refractivity contribution in [3.8, 4) is 0 Å². The van der Waals surface area contributed by atoms with Crippen molar-refractivity contribution in [1.29, 1.82) is 0 Å². The van der Waals surface area contributed by atoms with Crippen LogP contribution in [0.3, 0.4) is 0 Å². The van der Waals surface area contributed by atoms with E-state index in [9.17, 15) is 0 Å². The molecule has 0 heteroatoms. The van der Waals surface area contributed by atoms with E-state index in [1.54, 1.807) is 0 Å². The van der Waals surface area contributed by atoms with Crippen molar-refractivity contribution in [3.05, 3.63) is 29.5 Å². The van der Waals surface area contributed by atoms with Gasteiger partial charge < -0.3 is 0 Å². The van der Waals surface area contributed by atoms with Gasteiger partial charge >= 0.3 is 0 Å². The number of allylic oxidation sites excluding steroid dienone is 2. The van der Waals surface area contributed by atoms with E-state index >= 15 is 0 Å². The Kier molecular flexibility index (Phi) is 2.98. The molecule has 0 aromatic rings. The highest BCUT2D eigenvalue weighted by molar-refractivity contribution is 5.12. The molecule has 0 heterocycles. The minimum Gasteiger partial charge on any atom is -0.122 e. The third-order valence-electron chi connectivity index (χ3n) is 0.607. The summed E-state index contributed by atoms with van der Waals surface area (Å²) < 4.78 is 0. The smallest absolute Gasteiger partial charge is 0.0177 e. The molecule has 0 saturated heterocycles. The van der Waals surface area contributed by atoms with Gasteiger partial charge in [0.1, 0.15) is 0 Å². The quantitative estimate of drug-likeness (QED) is 0.358. The van der Waals surface area contributed by atoms with E-state index in [0.29, 0.717) is 0 Å². The third-order valence-corrected chi connectivity index (χ3v) is 0.607. The highest BCUT2D eigenvalue weighted by Crippen LogP contribution is 1.89. The van der Waals surface area contributed by atoms with Crippen molar-refractivity contribution < 1.29 is 0 Å². The van der Waals surface area contributed by atoms with Gasteiger partial charge in [-0.3, -0.25) is 0 Å². The fourth-order valence-electron chi connectivity index (χ4n) is 0.268. The molecule has 0 amide bonds. The Morgan fingerprint density at radius 3 is 2.00 bits per heavy atom. The minimum atomic E-state index is 1.05. The predicted molar refractivity (Wildman–Crippen MR) is 37.8 cm³/mol. The monoisotopic (exact) mass is 108 g/mol. The summed E-state index contributed by atoms with van der Waals surface area (Å²) in [6.45, 7) is 9.68. The van der Waals surface area contributed by atoms with Crippen LogP contribution in [0.15, 0.2) is 29.5 Å². The van der Waals surface area contributed by atoms with Crippen LogP contribution in [0.5, 0.6) is 0 Å². The SMILES string of the molecule is C=C(C)C=C=C(C)C. The van der Waals surface area contributed by atoms with E-state index in [1.165, 1.54) is 5.57 Å². The first-order valence-electron chi connectivity index (χ1n) is 2.68. The van der Waals surface area contributed by atoms with Crippen LogP contribution in [0.1, 0.15) is 20.8 Å². The molecule has 0 aromatic carbocycles. The van der Waals surface area contributed by atoms with Gasteiger partial charge in [-0.15, -0.1) is 5.73 Å². The van der Waals surface area contributed by atoms with E-state index in [-0.39, 0.29) is 0 Å². The van der Waals surface area contributed by atoms with Crippen molar-refractivity contribution >= 4 is 0 Å². The lowest BCUT2D eigenvalue weighted by molar-refractivity contribution is 1.40. The largest absolute Gasteiger partial charge is 0.122 e. The summed E-state index contributed by atoms with van der Waals surface area (Å²) in [5, 5.41) is 0. The van der Waals surface area contributed by atoms with Gasteiger partial charge in [-0.2, -0.15) is 0 Å². The molecule has 0 spiro atoms. The molecule has 0 aliphatic carbocycles. The maximum atomic E-state index is 3.70. The molecular weight excluding hydrogens is 96.1 g/mol. The lowest BCUT2D eigenvalue weighted by Gasteiger charge is -1.78. The molecule has 0 nitrogen and oxygen atoms in total. The van der Waals surface area contributed by atoms with Gasteiger partial charge in [-0.05, 0) is 32.4 Å². The van der Waals surface area contributed by atoms with Crippen LogP contribution in [0.4, 0.5) is 0 Å². The molecule has 0 aliphatic heterocycles. The second-order valence-electron chi connectivity index (χ2n) is 2.14. The van der Waals surface area contributed by atoms with Crippen molar-refractivity contribution in [1.82, 2.24) is 0 Å². The van der Waals surface area contributed by atoms with E-state index in [2.05, 4.69) is 12.3 Å². The molecule has 0 bridgehead atoms. The van der Waals surface area contributed by atoms with E-state index in [0.717, 1.165) is 5.57 Å². The van der Waals surface area contributed by atoms with Gasteiger partial charge in [0.15, 0.2) is 0 Å². The lowest BCUT2D eigenvalue weighted by atomic mass is 10.3. The van der Waals surface area contributed by atoms with E-state index in [4.69, 9.17) is 0 Å². The highest BCUT2D eigenvalue weighted by atomic mass is 13.7. The number of hydrogen-bond donors (Lipinski definition) is 0. The van der Waals surface area contributed by atoms with Crippen LogP contribution in [0.25, 0.3) is 0 Å². The van der Waals surface area contributed by atoms with Crippen LogP contribution in [-0.4, -0.2) is 0 Å². The van der Waals surface area contributed by atoms with E-state index in [1.807, 2.05) is 26.8 Å². The first-order valence-corrected chi connectivity index (χ1v) is 2.68. The molecule has 0 N–H and O–H groups in total. The topological polar surface area (TPSA) is 0 Å². The van der Waals surface area contributed by atoms with Crippen LogP contribution < -0.4 is 0 Å². The summed E-state index contributed by atoms with van der Waals surface area (Å²) in [6.07, 6.45) is 1.88. The second-order valence-corrected chi connectivity index (χ2v) is 2.14. The van der Waals surface area contributed by atoms with Crippen LogP contribution in [0.2, 0.25) is 0 Å². The van der Waals surface area contributed by atoms with Gasteiger partial charge in [-0.25, -0.2) is 0 Å². The Balaban J connectivity index is 4.03. The summed E-state index contributed by atoms with van der Waals surface area (Å²) in [5.74, 6) is 0. The average molecular weight is 108 g/mol. The fourth-order valence-corrected chi connectivity index (χ4v) is 0.268. The fraction of sp³-hybridized carbons (Fsp3) is 0.375. The zero-order chi connectivity index (χ0) is 6.57. The minimum absolute atomic E-state index is 1.05. The van der Waals surface area contributed by atoms with Gasteiger partial charge in [-0.1, -0.05) is 12.2 Å². The Bertz CT molecular complexity index is 139. The van der Waals surface area contributed by atoms with Gasteiger partial charge in [0.2, 0.25) is 0 Å². The van der Waals surface area contributed by atoms with Gasteiger partial charge in [0.05, 0.1) is 0 Å². The summed E-state index contributed by atoms with van der Waals surface area (Å²) in [5.41, 5.74) is 5.27. The molecule has 0 fully saturated rings. The Morgan fingerprint density at radius 2 is 1.88 bits per heavy atom. The summed E-state index contributed by atoms with van der Waals surface area (Å²) in [7, 11) is 0. The first kappa shape index (κ1) is 7.26. The number of hydrogen-bond acceptors (Lipinski definition) is 0. The summed E-state index contributed by atoms with van der Waals surface area (Å²) in [6, 6.07) is 0. The molecule has 0 radical (unpaired) electrons. The summed E-state index contributed by atoms with van der Waals surface area (Å²) in [4.78, 5) is 0. The lowest BCUT2D eigenvalue weighted by Crippen LogP contribution is -1.58. The molecule has 0 aromatic heterocycles. The molecule has 0 aliphatic rings. The molecule has 0 atom stereocenters. The van der Waals surface area contributed by atoms with Crippen molar-refractivity contribution in [3.63, 3.8) is 0 Å². The van der Waals surface area contributed by atoms with Crippen molar-refractivity contribution in [2.75, 3.05) is 0 Å². The normalized spacial score (nSPS) is 7.38. The Labute approximate surface area is 51.2 Å². The molecule has 0 unspecified atom stereocenters. The molecular formula is C8H12. The predicted octanol–water partition coefficient (Wildman–Crippen LogP) is 2.68. The first-order chi connectivity index (χ1) is 3.63. The van der Waals surface area contributed by atoms with Crippen molar-refractivity contribution in [2.24, 2.45) is 0 Å². The van der Waals surface area contributed by atoms with Crippen LogP contribution >= 0.6 is 0 Å². The zero-order valence-corrected chi connectivity index (χ0v) is 5.78. The van der Waals surface area contributed by atoms with Gasteiger partial charge in [0.25, 0.3) is 0 Å². The standard InChI is InChI=1S/C8H12/c1-7(2)5-6-8(3)4/h5H,1H2,2-4H3. The maximum absolute atomic E-state index is 3.70. The maximum Gasteiger partial charge on any atom is -0.0177 e. The van der Waals surface area contributed by atoms with E-state index < -0.39 is 0 Å². The van der Waals surface area contributed by atoms with Crippen LogP contribution in [-0.2, 0) is 0 Å². The molecule has 44 valence electrons. The Hall–Kier alpha value is -0.740. The third kappa shape index (κ3) is 5.26. The van der Waals surface area contributed by atoms with Crippen LogP contribution in [0, 0.1) is 0 Å². The number of rotatable bonds is 1. The molecule has 0 saturated carbocycles. The Morgan fingerprint density at radius 1 is 1.38 bits per heavy atom. The highest BCUT2D eigenvalue weighted by Gasteiger charge is 1.69. The second kappa shape index (κ2) is 3.29. The molecule has 8 heavy (non-hydrogen) atoms. The summed E-state index contributed by atoms with van der Waals surface area (Å²) >= 11 is 0. The average Bonchev–Trinajstić information content (AvgIpc) is 1.61. The van der Waals surface area contributed by atoms with Crippen molar-refractivity contribution in [2.45, 2.75) is 20.8 Å². The van der Waals surface area contributed by atoms with Gasteiger partial charge in [0, 0.05) is 0 Å². The zero-order valence-electron chi connectivity index (χ0n) is 5.78. The molecule has 0 rings (SSSR count).